The molecule has 0 atom stereocenters. The van der Waals surface area contributed by atoms with Gasteiger partial charge in [0, 0.05) is 0 Å². The molecule has 0 N–H and O–H groups in total. The summed E-state index contributed by atoms with van der Waals surface area (Å²) in [6.45, 7) is 0.790. The van der Waals surface area contributed by atoms with Gasteiger partial charge in [-0.3, -0.25) is 0 Å². The maximum atomic E-state index is 5.34. The van der Waals surface area contributed by atoms with E-state index in [0.717, 1.165) is 12.5 Å². The van der Waals surface area contributed by atoms with E-state index in [-0.39, 0.29) is 0 Å². The predicted octanol–water partition coefficient (Wildman–Crippen LogP) is 1.07. The Kier molecular flexibility index (Phi) is 1.71. The molecule has 57 valence electrons. The van der Waals surface area contributed by atoms with Crippen LogP contribution < -0.4 is 4.74 Å². The molecule has 0 aliphatic heterocycles. The molecule has 1 heterocycles. The van der Waals surface area contributed by atoms with E-state index in [1.54, 1.807) is 6.20 Å². The summed E-state index contributed by atoms with van der Waals surface area (Å²) in [6.07, 6.45) is 8.29. The zero-order chi connectivity index (χ0) is 7.52. The van der Waals surface area contributed by atoms with Crippen LogP contribution in [-0.2, 0) is 0 Å². The van der Waals surface area contributed by atoms with Gasteiger partial charge in [-0.05, 0) is 18.8 Å². The van der Waals surface area contributed by atoms with Crippen molar-refractivity contribution in [3.05, 3.63) is 18.6 Å². The van der Waals surface area contributed by atoms with Crippen LogP contribution in [0.5, 0.6) is 5.88 Å². The van der Waals surface area contributed by atoms with Gasteiger partial charge in [0.25, 0.3) is 0 Å². The summed E-state index contributed by atoms with van der Waals surface area (Å²) in [7, 11) is 0. The minimum absolute atomic E-state index is 0.607. The Balaban J connectivity index is 1.85. The van der Waals surface area contributed by atoms with Gasteiger partial charge >= 0.3 is 0 Å². The molecule has 0 spiro atoms. The van der Waals surface area contributed by atoms with Gasteiger partial charge in [-0.2, -0.15) is 0 Å². The van der Waals surface area contributed by atoms with Crippen LogP contribution in [0.3, 0.4) is 0 Å². The van der Waals surface area contributed by atoms with Crippen LogP contribution in [0.4, 0.5) is 0 Å². The van der Waals surface area contributed by atoms with E-state index in [9.17, 15) is 0 Å². The highest BCUT2D eigenvalue weighted by Crippen LogP contribution is 2.28. The highest BCUT2D eigenvalue weighted by Gasteiger charge is 2.21. The minimum atomic E-state index is 0.607. The Labute approximate surface area is 65.4 Å². The molecule has 1 aromatic rings. The highest BCUT2D eigenvalue weighted by atomic mass is 16.5. The number of ether oxygens (including phenoxy) is 1. The molecule has 1 saturated carbocycles. The van der Waals surface area contributed by atoms with E-state index in [2.05, 4.69) is 16.2 Å². The summed E-state index contributed by atoms with van der Waals surface area (Å²) >= 11 is 0. The summed E-state index contributed by atoms with van der Waals surface area (Å²) in [5.41, 5.74) is 0. The molecular weight excluding hydrogens is 140 g/mol. The van der Waals surface area contributed by atoms with Crippen molar-refractivity contribution in [3.8, 4) is 5.88 Å². The average Bonchev–Trinajstić information content (AvgIpc) is 2.86. The van der Waals surface area contributed by atoms with Crippen LogP contribution in [0.25, 0.3) is 0 Å². The lowest BCUT2D eigenvalue weighted by atomic mass is 10.5. The van der Waals surface area contributed by atoms with Crippen molar-refractivity contribution < 1.29 is 4.74 Å². The second-order valence-electron chi connectivity index (χ2n) is 2.74. The molecule has 2 rings (SSSR count). The van der Waals surface area contributed by atoms with Crippen LogP contribution >= 0.6 is 0 Å². The largest absolute Gasteiger partial charge is 0.476 e. The SMILES string of the molecule is [c]1cnc(OCC2CC2)cn1. The van der Waals surface area contributed by atoms with E-state index < -0.39 is 0 Å². The fourth-order valence-corrected chi connectivity index (χ4v) is 0.814. The molecule has 1 aliphatic rings. The quantitative estimate of drug-likeness (QED) is 0.644. The molecule has 0 unspecified atom stereocenters. The van der Waals surface area contributed by atoms with Crippen molar-refractivity contribution in [2.75, 3.05) is 6.61 Å². The van der Waals surface area contributed by atoms with Gasteiger partial charge in [0.05, 0.1) is 19.0 Å². The van der Waals surface area contributed by atoms with Crippen LogP contribution in [0.1, 0.15) is 12.8 Å². The van der Waals surface area contributed by atoms with Crippen LogP contribution in [-0.4, -0.2) is 16.6 Å². The lowest BCUT2D eigenvalue weighted by Gasteiger charge is -2.00. The van der Waals surface area contributed by atoms with Crippen molar-refractivity contribution in [2.45, 2.75) is 12.8 Å². The molecule has 0 amide bonds. The first-order chi connectivity index (χ1) is 5.45. The minimum Gasteiger partial charge on any atom is -0.476 e. The van der Waals surface area contributed by atoms with Gasteiger partial charge in [0.1, 0.15) is 6.20 Å². The predicted molar refractivity (Wildman–Crippen MR) is 39.1 cm³/mol. The van der Waals surface area contributed by atoms with Crippen LogP contribution in [0.15, 0.2) is 12.4 Å². The Hall–Kier alpha value is -1.12. The highest BCUT2D eigenvalue weighted by molar-refractivity contribution is 5.00. The van der Waals surface area contributed by atoms with Gasteiger partial charge in [-0.1, -0.05) is 0 Å². The van der Waals surface area contributed by atoms with Gasteiger partial charge in [0.15, 0.2) is 0 Å². The Morgan fingerprint density at radius 2 is 2.55 bits per heavy atom. The van der Waals surface area contributed by atoms with E-state index in [1.807, 2.05) is 0 Å². The van der Waals surface area contributed by atoms with Gasteiger partial charge < -0.3 is 4.74 Å². The van der Waals surface area contributed by atoms with Crippen molar-refractivity contribution in [2.24, 2.45) is 5.92 Å². The summed E-state index contributed by atoms with van der Waals surface area (Å²) in [5.74, 6) is 1.37. The van der Waals surface area contributed by atoms with Gasteiger partial charge in [-0.15, -0.1) is 0 Å². The molecule has 1 fully saturated rings. The molecule has 3 nitrogen and oxygen atoms in total. The first kappa shape index (κ1) is 6.58. The van der Waals surface area contributed by atoms with Crippen molar-refractivity contribution in [1.29, 1.82) is 0 Å². The van der Waals surface area contributed by atoms with Crippen molar-refractivity contribution >= 4 is 0 Å². The Bertz CT molecular complexity index is 221. The van der Waals surface area contributed by atoms with E-state index in [0.29, 0.717) is 5.88 Å². The second kappa shape index (κ2) is 2.86. The molecule has 3 heteroatoms. The molecule has 0 aromatic carbocycles. The van der Waals surface area contributed by atoms with Gasteiger partial charge in [0.2, 0.25) is 5.88 Å². The number of hydrogen-bond donors (Lipinski definition) is 0. The zero-order valence-corrected chi connectivity index (χ0v) is 6.16. The normalized spacial score (nSPS) is 16.4. The molecule has 0 bridgehead atoms. The zero-order valence-electron chi connectivity index (χ0n) is 6.16. The number of rotatable bonds is 3. The number of aromatic nitrogens is 2. The fraction of sp³-hybridized carbons (Fsp3) is 0.500. The number of hydrogen-bond acceptors (Lipinski definition) is 3. The summed E-state index contributed by atoms with van der Waals surface area (Å²) in [5, 5.41) is 0. The van der Waals surface area contributed by atoms with E-state index >= 15 is 0 Å². The average molecular weight is 149 g/mol. The summed E-state index contributed by atoms with van der Waals surface area (Å²) in [4.78, 5) is 7.71. The third-order valence-corrected chi connectivity index (χ3v) is 1.66. The number of nitrogens with zero attached hydrogens (tertiary/aromatic N) is 2. The van der Waals surface area contributed by atoms with Crippen LogP contribution in [0.2, 0.25) is 0 Å². The van der Waals surface area contributed by atoms with E-state index in [4.69, 9.17) is 4.74 Å². The Morgan fingerprint density at radius 1 is 1.64 bits per heavy atom. The van der Waals surface area contributed by atoms with Crippen molar-refractivity contribution in [3.63, 3.8) is 0 Å². The molecule has 1 aliphatic carbocycles. The third-order valence-electron chi connectivity index (χ3n) is 1.66. The molecule has 1 radical (unpaired) electrons. The molecular formula is C8H9N2O. The van der Waals surface area contributed by atoms with E-state index in [1.165, 1.54) is 19.0 Å². The topological polar surface area (TPSA) is 35.0 Å². The maximum Gasteiger partial charge on any atom is 0.232 e. The standard InChI is InChI=1S/C8H9N2O/c1-2-7(1)6-11-8-5-9-3-4-10-8/h4-5,7H,1-2,6H2. The summed E-state index contributed by atoms with van der Waals surface area (Å²) in [6, 6.07) is 0. The monoisotopic (exact) mass is 149 g/mol. The summed E-state index contributed by atoms with van der Waals surface area (Å²) < 4.78 is 5.34. The third kappa shape index (κ3) is 1.90. The maximum absolute atomic E-state index is 5.34. The smallest absolute Gasteiger partial charge is 0.232 e. The fourth-order valence-electron chi connectivity index (χ4n) is 0.814. The van der Waals surface area contributed by atoms with Crippen LogP contribution in [0, 0.1) is 12.1 Å². The van der Waals surface area contributed by atoms with Gasteiger partial charge in [-0.25, -0.2) is 9.97 Å². The first-order valence-electron chi connectivity index (χ1n) is 3.76. The second-order valence-corrected chi connectivity index (χ2v) is 2.74. The lowest BCUT2D eigenvalue weighted by Crippen LogP contribution is -2.00. The van der Waals surface area contributed by atoms with Crippen molar-refractivity contribution in [1.82, 2.24) is 9.97 Å². The Morgan fingerprint density at radius 3 is 3.18 bits per heavy atom. The molecule has 1 aromatic heterocycles. The molecule has 0 saturated heterocycles. The molecule has 11 heavy (non-hydrogen) atoms. The lowest BCUT2D eigenvalue weighted by molar-refractivity contribution is 0.287. The first-order valence-corrected chi connectivity index (χ1v) is 3.76.